The van der Waals surface area contributed by atoms with Crippen LogP contribution in [-0.2, 0) is 0 Å². The van der Waals surface area contributed by atoms with Crippen molar-refractivity contribution in [2.75, 3.05) is 13.1 Å². The first-order valence-corrected chi connectivity index (χ1v) is 8.54. The first-order chi connectivity index (χ1) is 11.1. The lowest BCUT2D eigenvalue weighted by molar-refractivity contribution is 0.310. The van der Waals surface area contributed by atoms with Crippen LogP contribution in [0.2, 0.25) is 5.15 Å². The topological polar surface area (TPSA) is 29.0 Å². The molecule has 2 fully saturated rings. The molecule has 0 radical (unpaired) electrons. The van der Waals surface area contributed by atoms with Crippen molar-refractivity contribution in [3.05, 3.63) is 47.1 Å². The fourth-order valence-corrected chi connectivity index (χ4v) is 4.32. The van der Waals surface area contributed by atoms with E-state index in [1.54, 1.807) is 18.2 Å². The van der Waals surface area contributed by atoms with E-state index in [0.717, 1.165) is 23.6 Å². The third-order valence-electron chi connectivity index (χ3n) is 5.11. The Morgan fingerprint density at radius 1 is 1.22 bits per heavy atom. The summed E-state index contributed by atoms with van der Waals surface area (Å²) in [7, 11) is 0. The molecule has 0 aliphatic carbocycles. The van der Waals surface area contributed by atoms with Gasteiger partial charge in [0, 0.05) is 30.1 Å². The highest BCUT2D eigenvalue weighted by molar-refractivity contribution is 6.29. The second-order valence-corrected chi connectivity index (χ2v) is 7.04. The van der Waals surface area contributed by atoms with Crippen molar-refractivity contribution in [3.8, 4) is 11.3 Å². The Bertz CT molecular complexity index is 719. The standard InChI is InChI=1S/C18H19ClFN3/c1-11-10-23-8-2-3-15(23)17(11)18-21-14(9-16(19)22-18)12-4-6-13(20)7-5-12/h4-7,9,11,15,17H,2-3,8,10H2,1H3. The molecule has 3 nitrogen and oxygen atoms in total. The summed E-state index contributed by atoms with van der Waals surface area (Å²) in [6.45, 7) is 4.55. The third kappa shape index (κ3) is 2.74. The number of benzene rings is 1. The molecule has 0 saturated carbocycles. The van der Waals surface area contributed by atoms with Gasteiger partial charge in [-0.2, -0.15) is 0 Å². The van der Waals surface area contributed by atoms with Gasteiger partial charge in [0.2, 0.25) is 0 Å². The number of hydrogen-bond acceptors (Lipinski definition) is 3. The zero-order chi connectivity index (χ0) is 16.0. The van der Waals surface area contributed by atoms with Crippen molar-refractivity contribution in [1.29, 1.82) is 0 Å². The van der Waals surface area contributed by atoms with E-state index in [1.807, 2.05) is 0 Å². The fraction of sp³-hybridized carbons (Fsp3) is 0.444. The van der Waals surface area contributed by atoms with Gasteiger partial charge in [0.05, 0.1) is 5.69 Å². The number of nitrogens with zero attached hydrogens (tertiary/aromatic N) is 3. The van der Waals surface area contributed by atoms with Crippen LogP contribution in [0, 0.1) is 11.7 Å². The highest BCUT2D eigenvalue weighted by Gasteiger charge is 2.44. The van der Waals surface area contributed by atoms with Gasteiger partial charge < -0.3 is 0 Å². The largest absolute Gasteiger partial charge is 0.299 e. The molecule has 2 aromatic rings. The summed E-state index contributed by atoms with van der Waals surface area (Å²) < 4.78 is 13.1. The Morgan fingerprint density at radius 2 is 2.00 bits per heavy atom. The van der Waals surface area contributed by atoms with Gasteiger partial charge in [-0.1, -0.05) is 18.5 Å². The molecule has 1 aromatic carbocycles. The van der Waals surface area contributed by atoms with E-state index in [1.165, 1.54) is 31.5 Å². The first-order valence-electron chi connectivity index (χ1n) is 8.16. The summed E-state index contributed by atoms with van der Waals surface area (Å²) in [6.07, 6.45) is 2.45. The summed E-state index contributed by atoms with van der Waals surface area (Å²) in [5.74, 6) is 1.44. The van der Waals surface area contributed by atoms with Crippen LogP contribution in [0.3, 0.4) is 0 Å². The van der Waals surface area contributed by atoms with Crippen molar-refractivity contribution in [1.82, 2.24) is 14.9 Å². The van der Waals surface area contributed by atoms with Crippen LogP contribution >= 0.6 is 11.6 Å². The summed E-state index contributed by atoms with van der Waals surface area (Å²) >= 11 is 6.26. The third-order valence-corrected chi connectivity index (χ3v) is 5.31. The zero-order valence-electron chi connectivity index (χ0n) is 13.0. The monoisotopic (exact) mass is 331 g/mol. The maximum atomic E-state index is 13.1. The predicted octanol–water partition coefficient (Wildman–Crippen LogP) is 4.13. The molecule has 0 spiro atoms. The van der Waals surface area contributed by atoms with E-state index < -0.39 is 0 Å². The number of fused-ring (bicyclic) bond motifs is 1. The van der Waals surface area contributed by atoms with Crippen LogP contribution in [0.1, 0.15) is 31.5 Å². The summed E-state index contributed by atoms with van der Waals surface area (Å²) in [5, 5.41) is 0.456. The van der Waals surface area contributed by atoms with Crippen LogP contribution in [0.5, 0.6) is 0 Å². The summed E-state index contributed by atoms with van der Waals surface area (Å²) in [4.78, 5) is 11.9. The maximum absolute atomic E-state index is 13.1. The van der Waals surface area contributed by atoms with Crippen molar-refractivity contribution >= 4 is 11.6 Å². The smallest absolute Gasteiger partial charge is 0.135 e. The van der Waals surface area contributed by atoms with Gasteiger partial charge in [0.15, 0.2) is 0 Å². The van der Waals surface area contributed by atoms with E-state index in [2.05, 4.69) is 16.8 Å². The molecule has 3 atom stereocenters. The van der Waals surface area contributed by atoms with Crippen molar-refractivity contribution in [3.63, 3.8) is 0 Å². The van der Waals surface area contributed by atoms with E-state index in [-0.39, 0.29) is 5.82 Å². The van der Waals surface area contributed by atoms with Gasteiger partial charge in [-0.3, -0.25) is 4.90 Å². The minimum atomic E-state index is -0.250. The summed E-state index contributed by atoms with van der Waals surface area (Å²) in [6, 6.07) is 8.65. The highest BCUT2D eigenvalue weighted by Crippen LogP contribution is 2.42. The van der Waals surface area contributed by atoms with Gasteiger partial charge in [-0.25, -0.2) is 14.4 Å². The van der Waals surface area contributed by atoms with E-state index >= 15 is 0 Å². The Labute approximate surface area is 140 Å². The molecule has 0 amide bonds. The molecule has 120 valence electrons. The lowest BCUT2D eigenvalue weighted by Crippen LogP contribution is -2.26. The number of rotatable bonds is 2. The average molecular weight is 332 g/mol. The van der Waals surface area contributed by atoms with Crippen LogP contribution in [0.25, 0.3) is 11.3 Å². The zero-order valence-corrected chi connectivity index (χ0v) is 13.8. The molecule has 1 aromatic heterocycles. The van der Waals surface area contributed by atoms with E-state index in [4.69, 9.17) is 16.6 Å². The minimum absolute atomic E-state index is 0.250. The van der Waals surface area contributed by atoms with Gasteiger partial charge in [0.1, 0.15) is 16.8 Å². The van der Waals surface area contributed by atoms with Gasteiger partial charge in [-0.15, -0.1) is 0 Å². The maximum Gasteiger partial charge on any atom is 0.135 e. The Balaban J connectivity index is 1.73. The Hall–Kier alpha value is -1.52. The average Bonchev–Trinajstić information content (AvgIpc) is 3.07. The molecule has 5 heteroatoms. The van der Waals surface area contributed by atoms with Crippen LogP contribution in [0.4, 0.5) is 4.39 Å². The predicted molar refractivity (Wildman–Crippen MR) is 88.9 cm³/mol. The molecule has 2 saturated heterocycles. The number of halogens is 2. The van der Waals surface area contributed by atoms with Gasteiger partial charge in [-0.05, 0) is 49.6 Å². The molecule has 4 rings (SSSR count). The van der Waals surface area contributed by atoms with Crippen LogP contribution in [0.15, 0.2) is 30.3 Å². The Morgan fingerprint density at radius 3 is 2.78 bits per heavy atom. The quantitative estimate of drug-likeness (QED) is 0.775. The molecule has 0 N–H and O–H groups in total. The molecule has 0 bridgehead atoms. The highest BCUT2D eigenvalue weighted by atomic mass is 35.5. The Kier molecular flexibility index (Phi) is 3.82. The second-order valence-electron chi connectivity index (χ2n) is 6.65. The lowest BCUT2D eigenvalue weighted by atomic mass is 9.89. The van der Waals surface area contributed by atoms with Crippen LogP contribution < -0.4 is 0 Å². The first kappa shape index (κ1) is 15.0. The molecule has 3 unspecified atom stereocenters. The van der Waals surface area contributed by atoms with Crippen molar-refractivity contribution in [2.45, 2.75) is 31.7 Å². The van der Waals surface area contributed by atoms with Crippen molar-refractivity contribution in [2.24, 2.45) is 5.92 Å². The summed E-state index contributed by atoms with van der Waals surface area (Å²) in [5.41, 5.74) is 1.63. The molecule has 2 aliphatic rings. The molecule has 3 heterocycles. The van der Waals surface area contributed by atoms with Crippen LogP contribution in [-0.4, -0.2) is 34.0 Å². The number of hydrogen-bond donors (Lipinski definition) is 0. The minimum Gasteiger partial charge on any atom is -0.299 e. The molecular weight excluding hydrogens is 313 g/mol. The molecule has 2 aliphatic heterocycles. The van der Waals surface area contributed by atoms with Crippen molar-refractivity contribution < 1.29 is 4.39 Å². The second kappa shape index (κ2) is 5.84. The SMILES string of the molecule is CC1CN2CCCC2C1c1nc(Cl)cc(-c2ccc(F)cc2)n1. The number of aromatic nitrogens is 2. The van der Waals surface area contributed by atoms with E-state index in [0.29, 0.717) is 23.0 Å². The van der Waals surface area contributed by atoms with E-state index in [9.17, 15) is 4.39 Å². The van der Waals surface area contributed by atoms with Gasteiger partial charge >= 0.3 is 0 Å². The molecule has 23 heavy (non-hydrogen) atoms. The normalized spacial score (nSPS) is 27.3. The lowest BCUT2D eigenvalue weighted by Gasteiger charge is -2.21. The fourth-order valence-electron chi connectivity index (χ4n) is 4.13. The molecular formula is C18H19ClFN3. The van der Waals surface area contributed by atoms with Gasteiger partial charge in [0.25, 0.3) is 0 Å².